The van der Waals surface area contributed by atoms with Gasteiger partial charge in [0.1, 0.15) is 5.82 Å². The fraction of sp³-hybridized carbons (Fsp3) is 0.217. The van der Waals surface area contributed by atoms with Crippen LogP contribution in [0.5, 0.6) is 11.5 Å². The Morgan fingerprint density at radius 3 is 2.46 bits per heavy atom. The van der Waals surface area contributed by atoms with Gasteiger partial charge in [0.15, 0.2) is 11.5 Å². The quantitative estimate of drug-likeness (QED) is 0.589. The number of carbonyl (C=O) groups is 1. The highest BCUT2D eigenvalue weighted by Gasteiger charge is 2.51. The lowest BCUT2D eigenvalue weighted by atomic mass is 9.94. The van der Waals surface area contributed by atoms with Gasteiger partial charge in [-0.1, -0.05) is 35.9 Å². The molecule has 28 heavy (non-hydrogen) atoms. The van der Waals surface area contributed by atoms with Gasteiger partial charge in [0, 0.05) is 5.56 Å². The Hall–Kier alpha value is -3.34. The lowest BCUT2D eigenvalue weighted by molar-refractivity contribution is -0.118. The molecule has 0 atom stereocenters. The standard InChI is InChI=1S/C23H22N2O3/c1-14-4-3-5-16(12-14)21-15(2)6-9-20(24-21)25-22(28)23(10-11-23)17-7-8-18(26)19(27)13-17/h3-9,12-13,26-27H,10-11H2,1-2H3,(H,24,25,28). The Bertz CT molecular complexity index is 1070. The average molecular weight is 374 g/mol. The Kier molecular flexibility index (Phi) is 4.30. The minimum Gasteiger partial charge on any atom is -0.504 e. The predicted molar refractivity (Wildman–Crippen MR) is 108 cm³/mol. The molecule has 2 aromatic carbocycles. The maximum Gasteiger partial charge on any atom is 0.236 e. The molecule has 0 spiro atoms. The van der Waals surface area contributed by atoms with Gasteiger partial charge in [-0.05, 0) is 62.1 Å². The smallest absolute Gasteiger partial charge is 0.236 e. The minimum absolute atomic E-state index is 0.149. The van der Waals surface area contributed by atoms with Gasteiger partial charge in [-0.2, -0.15) is 0 Å². The largest absolute Gasteiger partial charge is 0.504 e. The summed E-state index contributed by atoms with van der Waals surface area (Å²) in [7, 11) is 0. The molecule has 0 saturated heterocycles. The number of hydrogen-bond acceptors (Lipinski definition) is 4. The molecule has 1 aliphatic carbocycles. The highest BCUT2D eigenvalue weighted by molar-refractivity contribution is 6.01. The molecule has 1 saturated carbocycles. The maximum absolute atomic E-state index is 13.0. The highest BCUT2D eigenvalue weighted by Crippen LogP contribution is 2.50. The van der Waals surface area contributed by atoms with Crippen LogP contribution in [0.1, 0.15) is 29.5 Å². The number of aromatic nitrogens is 1. The van der Waals surface area contributed by atoms with Crippen LogP contribution in [0.25, 0.3) is 11.3 Å². The monoisotopic (exact) mass is 374 g/mol. The number of nitrogens with zero attached hydrogens (tertiary/aromatic N) is 1. The van der Waals surface area contributed by atoms with E-state index in [-0.39, 0.29) is 17.4 Å². The van der Waals surface area contributed by atoms with Crippen molar-refractivity contribution in [2.75, 3.05) is 5.32 Å². The molecule has 1 fully saturated rings. The molecule has 0 radical (unpaired) electrons. The molecule has 0 aliphatic heterocycles. The maximum atomic E-state index is 13.0. The van der Waals surface area contributed by atoms with Crippen LogP contribution in [0, 0.1) is 13.8 Å². The zero-order chi connectivity index (χ0) is 19.9. The summed E-state index contributed by atoms with van der Waals surface area (Å²) in [4.78, 5) is 17.7. The average Bonchev–Trinajstić information content (AvgIpc) is 3.47. The second kappa shape index (κ2) is 6.68. The summed E-state index contributed by atoms with van der Waals surface area (Å²) in [6.07, 6.45) is 1.39. The van der Waals surface area contributed by atoms with Crippen LogP contribution in [0.4, 0.5) is 5.82 Å². The van der Waals surface area contributed by atoms with Gasteiger partial charge in [0.2, 0.25) is 5.91 Å². The Morgan fingerprint density at radius 2 is 1.79 bits per heavy atom. The third kappa shape index (κ3) is 3.20. The fourth-order valence-electron chi connectivity index (χ4n) is 3.51. The summed E-state index contributed by atoms with van der Waals surface area (Å²) in [5.41, 5.74) is 4.06. The van der Waals surface area contributed by atoms with E-state index < -0.39 is 5.41 Å². The summed E-state index contributed by atoms with van der Waals surface area (Å²) in [6, 6.07) is 16.4. The Balaban J connectivity index is 1.61. The molecule has 0 bridgehead atoms. The van der Waals surface area contributed by atoms with E-state index in [9.17, 15) is 15.0 Å². The number of aromatic hydroxyl groups is 2. The number of rotatable bonds is 4. The van der Waals surface area contributed by atoms with E-state index in [0.29, 0.717) is 24.2 Å². The van der Waals surface area contributed by atoms with Crippen molar-refractivity contribution >= 4 is 11.7 Å². The van der Waals surface area contributed by atoms with Crippen molar-refractivity contribution in [2.24, 2.45) is 0 Å². The number of carbonyl (C=O) groups excluding carboxylic acids is 1. The van der Waals surface area contributed by atoms with Crippen molar-refractivity contribution in [2.45, 2.75) is 32.1 Å². The normalized spacial score (nSPS) is 14.5. The van der Waals surface area contributed by atoms with Gasteiger partial charge < -0.3 is 15.5 Å². The van der Waals surface area contributed by atoms with Crippen molar-refractivity contribution in [3.63, 3.8) is 0 Å². The van der Waals surface area contributed by atoms with Gasteiger partial charge in [-0.15, -0.1) is 0 Å². The number of hydrogen-bond donors (Lipinski definition) is 3. The number of benzene rings is 2. The topological polar surface area (TPSA) is 82.5 Å². The molecule has 5 heteroatoms. The van der Waals surface area contributed by atoms with Crippen molar-refractivity contribution < 1.29 is 15.0 Å². The lowest BCUT2D eigenvalue weighted by Crippen LogP contribution is -2.28. The molecule has 4 rings (SSSR count). The van der Waals surface area contributed by atoms with Crippen molar-refractivity contribution in [3.05, 3.63) is 71.3 Å². The van der Waals surface area contributed by atoms with E-state index in [2.05, 4.69) is 16.4 Å². The van der Waals surface area contributed by atoms with Crippen molar-refractivity contribution in [1.29, 1.82) is 0 Å². The van der Waals surface area contributed by atoms with E-state index in [1.807, 2.05) is 38.1 Å². The molecule has 1 heterocycles. The second-order valence-corrected chi connectivity index (χ2v) is 7.47. The number of phenolic OH excluding ortho intramolecular Hbond substituents is 2. The first-order valence-electron chi connectivity index (χ1n) is 9.28. The Morgan fingerprint density at radius 1 is 1.00 bits per heavy atom. The van der Waals surface area contributed by atoms with Crippen LogP contribution in [-0.2, 0) is 10.2 Å². The molecular formula is C23H22N2O3. The summed E-state index contributed by atoms with van der Waals surface area (Å²) >= 11 is 0. The van der Waals surface area contributed by atoms with Gasteiger partial charge in [-0.3, -0.25) is 4.79 Å². The lowest BCUT2D eigenvalue weighted by Gasteiger charge is -2.17. The fourth-order valence-corrected chi connectivity index (χ4v) is 3.51. The van der Waals surface area contributed by atoms with E-state index in [4.69, 9.17) is 0 Å². The number of phenols is 2. The zero-order valence-electron chi connectivity index (χ0n) is 15.9. The molecule has 1 aromatic heterocycles. The van der Waals surface area contributed by atoms with Crippen LogP contribution in [0.15, 0.2) is 54.6 Å². The van der Waals surface area contributed by atoms with Gasteiger partial charge in [-0.25, -0.2) is 4.98 Å². The third-order valence-corrected chi connectivity index (χ3v) is 5.34. The molecular weight excluding hydrogens is 352 g/mol. The van der Waals surface area contributed by atoms with Gasteiger partial charge >= 0.3 is 0 Å². The SMILES string of the molecule is Cc1cccc(-c2nc(NC(=O)C3(c4ccc(O)c(O)c4)CC3)ccc2C)c1. The van der Waals surface area contributed by atoms with Crippen LogP contribution < -0.4 is 5.32 Å². The number of aryl methyl sites for hydroxylation is 2. The molecule has 0 unspecified atom stereocenters. The van der Waals surface area contributed by atoms with E-state index >= 15 is 0 Å². The predicted octanol–water partition coefficient (Wildman–Crippen LogP) is 4.45. The first kappa shape index (κ1) is 18.0. The summed E-state index contributed by atoms with van der Waals surface area (Å²) in [6.45, 7) is 4.03. The van der Waals surface area contributed by atoms with Crippen molar-refractivity contribution in [1.82, 2.24) is 4.98 Å². The molecule has 1 amide bonds. The zero-order valence-corrected chi connectivity index (χ0v) is 15.9. The summed E-state index contributed by atoms with van der Waals surface area (Å²) < 4.78 is 0. The van der Waals surface area contributed by atoms with E-state index in [1.54, 1.807) is 12.1 Å². The minimum atomic E-state index is -0.679. The summed E-state index contributed by atoms with van der Waals surface area (Å²) in [5.74, 6) is -0.0553. The van der Waals surface area contributed by atoms with Crippen molar-refractivity contribution in [3.8, 4) is 22.8 Å². The summed E-state index contributed by atoms with van der Waals surface area (Å²) in [5, 5.41) is 22.2. The number of nitrogens with one attached hydrogen (secondary N) is 1. The van der Waals surface area contributed by atoms with Crippen LogP contribution in [-0.4, -0.2) is 21.1 Å². The van der Waals surface area contributed by atoms with Gasteiger partial charge in [0.25, 0.3) is 0 Å². The molecule has 1 aliphatic rings. The van der Waals surface area contributed by atoms with E-state index in [1.165, 1.54) is 12.1 Å². The van der Waals surface area contributed by atoms with Gasteiger partial charge in [0.05, 0.1) is 11.1 Å². The molecule has 3 N–H and O–H groups in total. The molecule has 5 nitrogen and oxygen atoms in total. The third-order valence-electron chi connectivity index (χ3n) is 5.34. The number of anilines is 1. The Labute approximate surface area is 163 Å². The van der Waals surface area contributed by atoms with Crippen LogP contribution in [0.2, 0.25) is 0 Å². The number of pyridine rings is 1. The first-order valence-corrected chi connectivity index (χ1v) is 9.28. The van der Waals surface area contributed by atoms with E-state index in [0.717, 1.165) is 22.4 Å². The van der Waals surface area contributed by atoms with Crippen LogP contribution >= 0.6 is 0 Å². The number of amides is 1. The van der Waals surface area contributed by atoms with Crippen LogP contribution in [0.3, 0.4) is 0 Å². The first-order chi connectivity index (χ1) is 13.4. The highest BCUT2D eigenvalue weighted by atomic mass is 16.3. The molecule has 3 aromatic rings. The molecule has 142 valence electrons. The second-order valence-electron chi connectivity index (χ2n) is 7.47.